The SMILES string of the molecule is O=C(c1cc(Br)cs1)N1CCC[C@H](Cc2nc(C3CC3)no2)C1. The average molecular weight is 396 g/mol. The molecule has 0 unspecified atom stereocenters. The third-order valence-electron chi connectivity index (χ3n) is 4.47. The molecule has 2 fully saturated rings. The number of carbonyl (C=O) groups is 1. The van der Waals surface area contributed by atoms with Gasteiger partial charge in [0, 0.05) is 35.3 Å². The van der Waals surface area contributed by atoms with Gasteiger partial charge in [0.05, 0.1) is 4.88 Å². The molecule has 1 atom stereocenters. The van der Waals surface area contributed by atoms with E-state index < -0.39 is 0 Å². The molecular formula is C16H18BrN3O2S. The molecule has 0 spiro atoms. The second kappa shape index (κ2) is 6.36. The minimum atomic E-state index is 0.134. The fourth-order valence-corrected chi connectivity index (χ4v) is 4.50. The van der Waals surface area contributed by atoms with Gasteiger partial charge in [-0.2, -0.15) is 4.98 Å². The Bertz CT molecular complexity index is 710. The van der Waals surface area contributed by atoms with Crippen LogP contribution in [0.5, 0.6) is 0 Å². The molecule has 1 amide bonds. The monoisotopic (exact) mass is 395 g/mol. The third kappa shape index (κ3) is 3.50. The maximum atomic E-state index is 12.6. The first-order chi connectivity index (χ1) is 11.2. The zero-order chi connectivity index (χ0) is 15.8. The van der Waals surface area contributed by atoms with Crippen LogP contribution >= 0.6 is 27.3 Å². The number of carbonyl (C=O) groups excluding carboxylic acids is 1. The number of nitrogens with zero attached hydrogens (tertiary/aromatic N) is 3. The van der Waals surface area contributed by atoms with Crippen molar-refractivity contribution < 1.29 is 9.32 Å². The quantitative estimate of drug-likeness (QED) is 0.788. The summed E-state index contributed by atoms with van der Waals surface area (Å²) in [6, 6.07) is 1.90. The lowest BCUT2D eigenvalue weighted by Crippen LogP contribution is -2.40. The molecule has 5 nitrogen and oxygen atoms in total. The number of rotatable bonds is 4. The van der Waals surface area contributed by atoms with Gasteiger partial charge in [0.1, 0.15) is 0 Å². The van der Waals surface area contributed by atoms with Crippen molar-refractivity contribution >= 4 is 33.2 Å². The van der Waals surface area contributed by atoms with E-state index in [0.29, 0.717) is 11.8 Å². The van der Waals surface area contributed by atoms with Crippen LogP contribution in [0.3, 0.4) is 0 Å². The average Bonchev–Trinajstić information content (AvgIpc) is 3.16. The van der Waals surface area contributed by atoms with E-state index in [9.17, 15) is 4.79 Å². The van der Waals surface area contributed by atoms with Crippen molar-refractivity contribution in [2.45, 2.75) is 38.0 Å². The van der Waals surface area contributed by atoms with E-state index in [1.807, 2.05) is 16.3 Å². The molecule has 2 aromatic rings. The van der Waals surface area contributed by atoms with E-state index in [-0.39, 0.29) is 5.91 Å². The minimum absolute atomic E-state index is 0.134. The van der Waals surface area contributed by atoms with Crippen molar-refractivity contribution in [3.8, 4) is 0 Å². The summed E-state index contributed by atoms with van der Waals surface area (Å²) < 4.78 is 6.35. The molecular weight excluding hydrogens is 378 g/mol. The van der Waals surface area contributed by atoms with Crippen molar-refractivity contribution in [2.24, 2.45) is 5.92 Å². The topological polar surface area (TPSA) is 59.2 Å². The Morgan fingerprint density at radius 1 is 1.43 bits per heavy atom. The summed E-state index contributed by atoms with van der Waals surface area (Å²) in [5, 5.41) is 6.03. The zero-order valence-electron chi connectivity index (χ0n) is 12.7. The number of likely N-dealkylation sites (tertiary alicyclic amines) is 1. The Hall–Kier alpha value is -1.21. The van der Waals surface area contributed by atoms with E-state index >= 15 is 0 Å². The largest absolute Gasteiger partial charge is 0.339 e. The van der Waals surface area contributed by atoms with Crippen LogP contribution in [-0.4, -0.2) is 34.0 Å². The van der Waals surface area contributed by atoms with E-state index in [4.69, 9.17) is 4.52 Å². The Labute approximate surface area is 147 Å². The molecule has 0 N–H and O–H groups in total. The van der Waals surface area contributed by atoms with Crippen molar-refractivity contribution in [2.75, 3.05) is 13.1 Å². The van der Waals surface area contributed by atoms with Gasteiger partial charge in [0.15, 0.2) is 5.82 Å². The standard InChI is InChI=1S/C16H18BrN3O2S/c17-12-7-13(23-9-12)16(21)20-5-1-2-10(8-20)6-14-18-15(19-22-14)11-3-4-11/h7,9-11H,1-6,8H2/t10-/m1/s1. The van der Waals surface area contributed by atoms with Gasteiger partial charge >= 0.3 is 0 Å². The summed E-state index contributed by atoms with van der Waals surface area (Å²) >= 11 is 4.90. The zero-order valence-corrected chi connectivity index (χ0v) is 15.1. The van der Waals surface area contributed by atoms with Crippen molar-refractivity contribution in [3.05, 3.63) is 32.5 Å². The predicted octanol–water partition coefficient (Wildman–Crippen LogP) is 3.87. The Balaban J connectivity index is 1.39. The summed E-state index contributed by atoms with van der Waals surface area (Å²) in [5.41, 5.74) is 0. The van der Waals surface area contributed by atoms with Crippen molar-refractivity contribution in [1.82, 2.24) is 15.0 Å². The maximum Gasteiger partial charge on any atom is 0.263 e. The second-order valence-electron chi connectivity index (χ2n) is 6.41. The molecule has 1 aliphatic carbocycles. The fraction of sp³-hybridized carbons (Fsp3) is 0.562. The van der Waals surface area contributed by atoms with Crippen LogP contribution in [-0.2, 0) is 6.42 Å². The predicted molar refractivity (Wildman–Crippen MR) is 90.6 cm³/mol. The van der Waals surface area contributed by atoms with Crippen LogP contribution in [0.25, 0.3) is 0 Å². The summed E-state index contributed by atoms with van der Waals surface area (Å²) in [7, 11) is 0. The van der Waals surface area contributed by atoms with E-state index in [2.05, 4.69) is 26.1 Å². The molecule has 122 valence electrons. The highest BCUT2D eigenvalue weighted by atomic mass is 79.9. The summed E-state index contributed by atoms with van der Waals surface area (Å²) in [6.45, 7) is 1.61. The Morgan fingerprint density at radius 3 is 3.04 bits per heavy atom. The Morgan fingerprint density at radius 2 is 2.30 bits per heavy atom. The van der Waals surface area contributed by atoms with Crippen LogP contribution in [0.1, 0.15) is 53.0 Å². The van der Waals surface area contributed by atoms with E-state index in [0.717, 1.165) is 53.4 Å². The van der Waals surface area contributed by atoms with Gasteiger partial charge in [-0.15, -0.1) is 11.3 Å². The number of aromatic nitrogens is 2. The van der Waals surface area contributed by atoms with Crippen LogP contribution < -0.4 is 0 Å². The molecule has 4 rings (SSSR count). The highest BCUT2D eigenvalue weighted by molar-refractivity contribution is 9.10. The summed E-state index contributed by atoms with van der Waals surface area (Å²) in [4.78, 5) is 19.8. The number of halogens is 1. The summed E-state index contributed by atoms with van der Waals surface area (Å²) in [5.74, 6) is 2.66. The molecule has 7 heteroatoms. The lowest BCUT2D eigenvalue weighted by molar-refractivity contribution is 0.0673. The number of thiophene rings is 1. The minimum Gasteiger partial charge on any atom is -0.339 e. The summed E-state index contributed by atoms with van der Waals surface area (Å²) in [6.07, 6.45) is 5.28. The van der Waals surface area contributed by atoms with Gasteiger partial charge in [-0.05, 0) is 53.6 Å². The Kier molecular flexibility index (Phi) is 4.24. The maximum absolute atomic E-state index is 12.6. The lowest BCUT2D eigenvalue weighted by Gasteiger charge is -2.31. The van der Waals surface area contributed by atoms with E-state index in [1.165, 1.54) is 24.2 Å². The highest BCUT2D eigenvalue weighted by Gasteiger charge is 2.30. The smallest absolute Gasteiger partial charge is 0.263 e. The van der Waals surface area contributed by atoms with Crippen LogP contribution in [0.15, 0.2) is 20.4 Å². The second-order valence-corrected chi connectivity index (χ2v) is 8.24. The van der Waals surface area contributed by atoms with Crippen molar-refractivity contribution in [1.29, 1.82) is 0 Å². The molecule has 1 saturated carbocycles. The van der Waals surface area contributed by atoms with Gasteiger partial charge in [0.2, 0.25) is 5.89 Å². The fourth-order valence-electron chi connectivity index (χ4n) is 3.10. The molecule has 23 heavy (non-hydrogen) atoms. The van der Waals surface area contributed by atoms with E-state index in [1.54, 1.807) is 0 Å². The number of amides is 1. The van der Waals surface area contributed by atoms with Crippen LogP contribution in [0.2, 0.25) is 0 Å². The van der Waals surface area contributed by atoms with Gasteiger partial charge in [-0.25, -0.2) is 0 Å². The first-order valence-electron chi connectivity index (χ1n) is 8.05. The van der Waals surface area contributed by atoms with Gasteiger partial charge in [0.25, 0.3) is 5.91 Å². The highest BCUT2D eigenvalue weighted by Crippen LogP contribution is 2.38. The number of hydrogen-bond donors (Lipinski definition) is 0. The number of hydrogen-bond acceptors (Lipinski definition) is 5. The molecule has 2 aromatic heterocycles. The number of piperidine rings is 1. The third-order valence-corrected chi connectivity index (χ3v) is 6.15. The molecule has 0 bridgehead atoms. The first kappa shape index (κ1) is 15.3. The van der Waals surface area contributed by atoms with Gasteiger partial charge in [-0.3, -0.25) is 4.79 Å². The van der Waals surface area contributed by atoms with Crippen LogP contribution in [0, 0.1) is 5.92 Å². The molecule has 0 radical (unpaired) electrons. The lowest BCUT2D eigenvalue weighted by atomic mass is 9.94. The normalized spacial score (nSPS) is 21.6. The van der Waals surface area contributed by atoms with Gasteiger partial charge in [-0.1, -0.05) is 5.16 Å². The van der Waals surface area contributed by atoms with Crippen molar-refractivity contribution in [3.63, 3.8) is 0 Å². The molecule has 2 aliphatic rings. The molecule has 1 saturated heterocycles. The first-order valence-corrected chi connectivity index (χ1v) is 9.72. The van der Waals surface area contributed by atoms with Crippen LogP contribution in [0.4, 0.5) is 0 Å². The molecule has 1 aliphatic heterocycles. The molecule has 3 heterocycles. The van der Waals surface area contributed by atoms with Gasteiger partial charge < -0.3 is 9.42 Å². The molecule has 0 aromatic carbocycles.